The number of anilines is 1. The number of rotatable bonds is 5. The molecule has 7 heteroatoms. The highest BCUT2D eigenvalue weighted by molar-refractivity contribution is 5.99. The first-order chi connectivity index (χ1) is 11.4. The summed E-state index contributed by atoms with van der Waals surface area (Å²) in [6, 6.07) is 14.3. The molecule has 0 radical (unpaired) electrons. The molecule has 124 valence electrons. The predicted molar refractivity (Wildman–Crippen MR) is 87.8 cm³/mol. The number of ether oxygens (including phenoxy) is 1. The second kappa shape index (κ2) is 7.36. The summed E-state index contributed by atoms with van der Waals surface area (Å²) in [6.07, 6.45) is -1.08. The van der Waals surface area contributed by atoms with E-state index in [-0.39, 0.29) is 11.3 Å². The average Bonchev–Trinajstić information content (AvgIpc) is 2.61. The molecule has 0 heterocycles. The minimum absolute atomic E-state index is 0.190. The lowest BCUT2D eigenvalue weighted by Crippen LogP contribution is -2.37. The Morgan fingerprint density at radius 2 is 1.67 bits per heavy atom. The van der Waals surface area contributed by atoms with Crippen LogP contribution < -0.4 is 4.90 Å². The summed E-state index contributed by atoms with van der Waals surface area (Å²) in [4.78, 5) is 36.1. The van der Waals surface area contributed by atoms with E-state index in [4.69, 9.17) is 4.74 Å². The fraction of sp³-hybridized carbons (Fsp3) is 0.176. The SMILES string of the molecule is CC(OC(=O)c1ccccc1[N+](=O)[O-])C(=O)N(C)c1ccccc1. The van der Waals surface area contributed by atoms with Crippen molar-refractivity contribution in [1.29, 1.82) is 0 Å². The van der Waals surface area contributed by atoms with Crippen LogP contribution in [-0.2, 0) is 9.53 Å². The maximum absolute atomic E-state index is 12.3. The molecule has 1 atom stereocenters. The summed E-state index contributed by atoms with van der Waals surface area (Å²) in [5.41, 5.74) is 0.0965. The van der Waals surface area contributed by atoms with Gasteiger partial charge in [0.25, 0.3) is 11.6 Å². The number of likely N-dealkylation sites (N-methyl/N-ethyl adjacent to an activating group) is 1. The maximum Gasteiger partial charge on any atom is 0.345 e. The molecule has 0 aromatic heterocycles. The standard InChI is InChI=1S/C17H16N2O5/c1-12(16(20)18(2)13-8-4-3-5-9-13)24-17(21)14-10-6-7-11-15(14)19(22)23/h3-12H,1-2H3. The molecule has 0 saturated heterocycles. The minimum Gasteiger partial charge on any atom is -0.449 e. The van der Waals surface area contributed by atoms with E-state index in [9.17, 15) is 19.7 Å². The molecule has 2 rings (SSSR count). The molecule has 2 aromatic rings. The Labute approximate surface area is 138 Å². The molecular weight excluding hydrogens is 312 g/mol. The van der Waals surface area contributed by atoms with Crippen LogP contribution in [0.5, 0.6) is 0 Å². The van der Waals surface area contributed by atoms with Gasteiger partial charge >= 0.3 is 5.97 Å². The summed E-state index contributed by atoms with van der Waals surface area (Å²) in [5.74, 6) is -1.35. The molecular formula is C17H16N2O5. The van der Waals surface area contributed by atoms with Crippen molar-refractivity contribution in [2.45, 2.75) is 13.0 Å². The number of para-hydroxylation sites is 2. The zero-order chi connectivity index (χ0) is 17.7. The number of nitro benzene ring substituents is 1. The molecule has 0 N–H and O–H groups in total. The smallest absolute Gasteiger partial charge is 0.345 e. The van der Waals surface area contributed by atoms with Gasteiger partial charge in [-0.15, -0.1) is 0 Å². The van der Waals surface area contributed by atoms with Gasteiger partial charge < -0.3 is 9.64 Å². The Bertz CT molecular complexity index is 761. The van der Waals surface area contributed by atoms with Gasteiger partial charge in [-0.05, 0) is 25.1 Å². The predicted octanol–water partition coefficient (Wildman–Crippen LogP) is 2.80. The Morgan fingerprint density at radius 3 is 2.29 bits per heavy atom. The lowest BCUT2D eigenvalue weighted by molar-refractivity contribution is -0.385. The third kappa shape index (κ3) is 3.75. The van der Waals surface area contributed by atoms with Crippen molar-refractivity contribution < 1.29 is 19.2 Å². The zero-order valence-electron chi connectivity index (χ0n) is 13.2. The van der Waals surface area contributed by atoms with Gasteiger partial charge in [-0.25, -0.2) is 4.79 Å². The first-order valence-electron chi connectivity index (χ1n) is 7.19. The van der Waals surface area contributed by atoms with Crippen molar-refractivity contribution in [1.82, 2.24) is 0 Å². The van der Waals surface area contributed by atoms with Gasteiger partial charge in [0, 0.05) is 18.8 Å². The van der Waals surface area contributed by atoms with Crippen LogP contribution in [0.3, 0.4) is 0 Å². The number of esters is 1. The number of carbonyl (C=O) groups is 2. The molecule has 0 aliphatic carbocycles. The van der Waals surface area contributed by atoms with Crippen LogP contribution in [0.2, 0.25) is 0 Å². The number of nitrogens with zero attached hydrogens (tertiary/aromatic N) is 2. The molecule has 0 aliphatic heterocycles. The lowest BCUT2D eigenvalue weighted by atomic mass is 10.2. The van der Waals surface area contributed by atoms with E-state index in [0.29, 0.717) is 5.69 Å². The normalized spacial score (nSPS) is 11.4. The van der Waals surface area contributed by atoms with E-state index in [0.717, 1.165) is 0 Å². The second-order valence-electron chi connectivity index (χ2n) is 5.05. The first kappa shape index (κ1) is 17.1. The van der Waals surface area contributed by atoms with Crippen molar-refractivity contribution >= 4 is 23.3 Å². The molecule has 7 nitrogen and oxygen atoms in total. The van der Waals surface area contributed by atoms with Crippen molar-refractivity contribution in [3.8, 4) is 0 Å². The Hall–Kier alpha value is -3.22. The summed E-state index contributed by atoms with van der Waals surface area (Å²) >= 11 is 0. The van der Waals surface area contributed by atoms with E-state index in [1.54, 1.807) is 31.3 Å². The van der Waals surface area contributed by atoms with Gasteiger partial charge in [0.2, 0.25) is 0 Å². The quantitative estimate of drug-likeness (QED) is 0.478. The summed E-state index contributed by atoms with van der Waals surface area (Å²) in [5, 5.41) is 11.0. The van der Waals surface area contributed by atoms with Gasteiger partial charge in [-0.1, -0.05) is 30.3 Å². The fourth-order valence-corrected chi connectivity index (χ4v) is 2.13. The molecule has 0 bridgehead atoms. The van der Waals surface area contributed by atoms with Crippen LogP contribution in [0.1, 0.15) is 17.3 Å². The van der Waals surface area contributed by atoms with Gasteiger partial charge in [0.15, 0.2) is 6.10 Å². The van der Waals surface area contributed by atoms with Crippen LogP contribution in [0.15, 0.2) is 54.6 Å². The summed E-state index contributed by atoms with van der Waals surface area (Å²) in [7, 11) is 1.56. The molecule has 0 fully saturated rings. The van der Waals surface area contributed by atoms with E-state index in [1.807, 2.05) is 6.07 Å². The zero-order valence-corrected chi connectivity index (χ0v) is 13.2. The molecule has 24 heavy (non-hydrogen) atoms. The Balaban J connectivity index is 2.12. The highest BCUT2D eigenvalue weighted by Crippen LogP contribution is 2.20. The Morgan fingerprint density at radius 1 is 1.08 bits per heavy atom. The van der Waals surface area contributed by atoms with E-state index < -0.39 is 22.9 Å². The second-order valence-corrected chi connectivity index (χ2v) is 5.05. The van der Waals surface area contributed by atoms with Crippen molar-refractivity contribution in [3.63, 3.8) is 0 Å². The average molecular weight is 328 g/mol. The van der Waals surface area contributed by atoms with Gasteiger partial charge in [-0.3, -0.25) is 14.9 Å². The number of benzene rings is 2. The summed E-state index contributed by atoms with van der Waals surface area (Å²) < 4.78 is 5.10. The minimum atomic E-state index is -1.08. The number of hydrogen-bond donors (Lipinski definition) is 0. The number of nitro groups is 1. The van der Waals surface area contributed by atoms with Crippen molar-refractivity contribution in [2.75, 3.05) is 11.9 Å². The van der Waals surface area contributed by atoms with Gasteiger partial charge in [0.05, 0.1) is 4.92 Å². The number of amides is 1. The number of hydrogen-bond acceptors (Lipinski definition) is 5. The van der Waals surface area contributed by atoms with E-state index in [1.165, 1.54) is 36.1 Å². The van der Waals surface area contributed by atoms with Crippen LogP contribution in [0.4, 0.5) is 11.4 Å². The summed E-state index contributed by atoms with van der Waals surface area (Å²) in [6.45, 7) is 1.43. The fourth-order valence-electron chi connectivity index (χ4n) is 2.13. The van der Waals surface area contributed by atoms with Crippen molar-refractivity contribution in [2.24, 2.45) is 0 Å². The highest BCUT2D eigenvalue weighted by atomic mass is 16.6. The van der Waals surface area contributed by atoms with E-state index >= 15 is 0 Å². The monoisotopic (exact) mass is 328 g/mol. The van der Waals surface area contributed by atoms with Gasteiger partial charge in [-0.2, -0.15) is 0 Å². The highest BCUT2D eigenvalue weighted by Gasteiger charge is 2.26. The number of carbonyl (C=O) groups excluding carboxylic acids is 2. The van der Waals surface area contributed by atoms with Gasteiger partial charge in [0.1, 0.15) is 5.56 Å². The van der Waals surface area contributed by atoms with Crippen LogP contribution in [-0.4, -0.2) is 30.0 Å². The van der Waals surface area contributed by atoms with Crippen LogP contribution in [0.25, 0.3) is 0 Å². The third-order valence-electron chi connectivity index (χ3n) is 3.43. The molecule has 1 unspecified atom stereocenters. The topological polar surface area (TPSA) is 89.7 Å². The molecule has 0 spiro atoms. The molecule has 2 aromatic carbocycles. The molecule has 0 saturated carbocycles. The lowest BCUT2D eigenvalue weighted by Gasteiger charge is -2.21. The Kier molecular flexibility index (Phi) is 5.26. The maximum atomic E-state index is 12.3. The molecule has 0 aliphatic rings. The van der Waals surface area contributed by atoms with Crippen LogP contribution in [0, 0.1) is 10.1 Å². The first-order valence-corrected chi connectivity index (χ1v) is 7.19. The van der Waals surface area contributed by atoms with Crippen LogP contribution >= 0.6 is 0 Å². The van der Waals surface area contributed by atoms with Crippen molar-refractivity contribution in [3.05, 3.63) is 70.3 Å². The molecule has 1 amide bonds. The largest absolute Gasteiger partial charge is 0.449 e. The van der Waals surface area contributed by atoms with E-state index in [2.05, 4.69) is 0 Å². The third-order valence-corrected chi connectivity index (χ3v) is 3.43.